The third-order valence-corrected chi connectivity index (χ3v) is 4.26. The fraction of sp³-hybridized carbons (Fsp3) is 0.700. The van der Waals surface area contributed by atoms with E-state index in [1.165, 1.54) is 42.0 Å². The molecule has 1 saturated carbocycles. The van der Waals surface area contributed by atoms with Crippen molar-refractivity contribution in [2.45, 2.75) is 43.9 Å². The van der Waals surface area contributed by atoms with Crippen LogP contribution < -0.4 is 0 Å². The van der Waals surface area contributed by atoms with Gasteiger partial charge in [-0.2, -0.15) is 0 Å². The number of rotatable bonds is 2. The van der Waals surface area contributed by atoms with Gasteiger partial charge in [0.25, 0.3) is 0 Å². The summed E-state index contributed by atoms with van der Waals surface area (Å²) in [5.41, 5.74) is 0. The van der Waals surface area contributed by atoms with Crippen LogP contribution >= 0.6 is 22.9 Å². The number of aromatic nitrogens is 1. The molecule has 1 aliphatic rings. The molecule has 1 heterocycles. The molecule has 0 aromatic carbocycles. The van der Waals surface area contributed by atoms with Crippen molar-refractivity contribution in [2.24, 2.45) is 0 Å². The standard InChI is InChI=1S/C10H14ClNS/c11-6-9-7-12-10(13-9)8-4-2-1-3-5-8/h7-8H,1-6H2. The molecule has 1 fully saturated rings. The summed E-state index contributed by atoms with van der Waals surface area (Å²) in [4.78, 5) is 5.66. The largest absolute Gasteiger partial charge is 0.249 e. The van der Waals surface area contributed by atoms with Gasteiger partial charge in [-0.15, -0.1) is 22.9 Å². The van der Waals surface area contributed by atoms with Crippen LogP contribution in [0.5, 0.6) is 0 Å². The summed E-state index contributed by atoms with van der Waals surface area (Å²) >= 11 is 7.55. The number of nitrogens with zero attached hydrogens (tertiary/aromatic N) is 1. The molecule has 13 heavy (non-hydrogen) atoms. The van der Waals surface area contributed by atoms with E-state index in [1.54, 1.807) is 11.3 Å². The number of alkyl halides is 1. The van der Waals surface area contributed by atoms with E-state index in [1.807, 2.05) is 6.20 Å². The maximum absolute atomic E-state index is 5.75. The zero-order chi connectivity index (χ0) is 9.10. The van der Waals surface area contributed by atoms with E-state index in [4.69, 9.17) is 11.6 Å². The van der Waals surface area contributed by atoms with E-state index in [0.29, 0.717) is 5.88 Å². The Balaban J connectivity index is 2.05. The first-order chi connectivity index (χ1) is 6.40. The monoisotopic (exact) mass is 215 g/mol. The molecule has 1 aromatic rings. The van der Waals surface area contributed by atoms with Gasteiger partial charge in [-0.25, -0.2) is 4.98 Å². The lowest BCUT2D eigenvalue weighted by atomic mass is 9.90. The van der Waals surface area contributed by atoms with Gasteiger partial charge >= 0.3 is 0 Å². The number of hydrogen-bond acceptors (Lipinski definition) is 2. The Bertz CT molecular complexity index is 266. The van der Waals surface area contributed by atoms with Crippen molar-refractivity contribution in [1.29, 1.82) is 0 Å². The fourth-order valence-electron chi connectivity index (χ4n) is 1.92. The van der Waals surface area contributed by atoms with E-state index >= 15 is 0 Å². The molecule has 0 amide bonds. The normalized spacial score (nSPS) is 19.2. The topological polar surface area (TPSA) is 12.9 Å². The Labute approximate surface area is 88.1 Å². The van der Waals surface area contributed by atoms with Crippen molar-refractivity contribution in [2.75, 3.05) is 0 Å². The van der Waals surface area contributed by atoms with Crippen LogP contribution in [0.15, 0.2) is 6.20 Å². The minimum Gasteiger partial charge on any atom is -0.249 e. The van der Waals surface area contributed by atoms with Crippen molar-refractivity contribution in [3.8, 4) is 0 Å². The predicted molar refractivity (Wildman–Crippen MR) is 57.5 cm³/mol. The van der Waals surface area contributed by atoms with Gasteiger partial charge in [0.2, 0.25) is 0 Å². The summed E-state index contributed by atoms with van der Waals surface area (Å²) in [5.74, 6) is 1.35. The molecule has 0 saturated heterocycles. The zero-order valence-corrected chi connectivity index (χ0v) is 9.20. The molecule has 3 heteroatoms. The van der Waals surface area contributed by atoms with Crippen molar-refractivity contribution < 1.29 is 0 Å². The minimum absolute atomic E-state index is 0.615. The van der Waals surface area contributed by atoms with Crippen molar-refractivity contribution in [1.82, 2.24) is 4.98 Å². The van der Waals surface area contributed by atoms with Gasteiger partial charge in [-0.1, -0.05) is 19.3 Å². The Morgan fingerprint density at radius 3 is 2.77 bits per heavy atom. The zero-order valence-electron chi connectivity index (χ0n) is 7.63. The first-order valence-corrected chi connectivity index (χ1v) is 6.26. The molecule has 1 nitrogen and oxygen atoms in total. The molecule has 1 aliphatic carbocycles. The minimum atomic E-state index is 0.615. The third-order valence-electron chi connectivity index (χ3n) is 2.66. The molecule has 0 spiro atoms. The van der Waals surface area contributed by atoms with Crippen LogP contribution in [-0.2, 0) is 5.88 Å². The summed E-state index contributed by atoms with van der Waals surface area (Å²) in [6.45, 7) is 0. The van der Waals surface area contributed by atoms with E-state index in [-0.39, 0.29) is 0 Å². The van der Waals surface area contributed by atoms with Crippen molar-refractivity contribution in [3.63, 3.8) is 0 Å². The second-order valence-corrected chi connectivity index (χ2v) is 5.05. The smallest absolute Gasteiger partial charge is 0.0959 e. The van der Waals surface area contributed by atoms with Crippen LogP contribution in [0.25, 0.3) is 0 Å². The average molecular weight is 216 g/mol. The van der Waals surface area contributed by atoms with Gasteiger partial charge in [-0.05, 0) is 12.8 Å². The molecule has 0 atom stereocenters. The van der Waals surface area contributed by atoms with Crippen LogP contribution in [0.2, 0.25) is 0 Å². The molecule has 0 unspecified atom stereocenters. The number of hydrogen-bond donors (Lipinski definition) is 0. The summed E-state index contributed by atoms with van der Waals surface area (Å²) in [5, 5.41) is 1.32. The fourth-order valence-corrected chi connectivity index (χ4v) is 3.09. The van der Waals surface area contributed by atoms with Crippen LogP contribution in [0.3, 0.4) is 0 Å². The maximum Gasteiger partial charge on any atom is 0.0959 e. The lowest BCUT2D eigenvalue weighted by molar-refractivity contribution is 0.442. The third kappa shape index (κ3) is 2.23. The second kappa shape index (κ2) is 4.43. The second-order valence-electron chi connectivity index (χ2n) is 3.63. The highest BCUT2D eigenvalue weighted by molar-refractivity contribution is 7.11. The SMILES string of the molecule is ClCc1cnc(C2CCCCC2)s1. The Hall–Kier alpha value is -0.0800. The van der Waals surface area contributed by atoms with E-state index in [9.17, 15) is 0 Å². The molecular formula is C10H14ClNS. The first kappa shape index (κ1) is 9.47. The van der Waals surface area contributed by atoms with E-state index in [0.717, 1.165) is 5.92 Å². The van der Waals surface area contributed by atoms with E-state index in [2.05, 4.69) is 4.98 Å². The van der Waals surface area contributed by atoms with Crippen molar-refractivity contribution >= 4 is 22.9 Å². The van der Waals surface area contributed by atoms with Gasteiger partial charge in [0, 0.05) is 17.0 Å². The lowest BCUT2D eigenvalue weighted by Gasteiger charge is -2.18. The Kier molecular flexibility index (Phi) is 3.23. The maximum atomic E-state index is 5.75. The van der Waals surface area contributed by atoms with Gasteiger partial charge in [0.05, 0.1) is 10.9 Å². The van der Waals surface area contributed by atoms with Gasteiger partial charge < -0.3 is 0 Å². The van der Waals surface area contributed by atoms with Crippen LogP contribution in [-0.4, -0.2) is 4.98 Å². The van der Waals surface area contributed by atoms with Gasteiger partial charge in [-0.3, -0.25) is 0 Å². The summed E-state index contributed by atoms with van der Waals surface area (Å²) in [6, 6.07) is 0. The summed E-state index contributed by atoms with van der Waals surface area (Å²) in [6.07, 6.45) is 8.75. The van der Waals surface area contributed by atoms with Crippen LogP contribution in [0, 0.1) is 0 Å². The molecule has 0 bridgehead atoms. The molecule has 0 aliphatic heterocycles. The molecule has 0 N–H and O–H groups in total. The van der Waals surface area contributed by atoms with Crippen LogP contribution in [0.1, 0.15) is 47.9 Å². The summed E-state index contributed by atoms with van der Waals surface area (Å²) in [7, 11) is 0. The average Bonchev–Trinajstić information content (AvgIpc) is 2.67. The highest BCUT2D eigenvalue weighted by atomic mass is 35.5. The Morgan fingerprint density at radius 2 is 2.15 bits per heavy atom. The number of halogens is 1. The summed E-state index contributed by atoms with van der Waals surface area (Å²) < 4.78 is 0. The highest BCUT2D eigenvalue weighted by Gasteiger charge is 2.18. The molecule has 0 radical (unpaired) electrons. The van der Waals surface area contributed by atoms with Gasteiger partial charge in [0.15, 0.2) is 0 Å². The molecular weight excluding hydrogens is 202 g/mol. The lowest BCUT2D eigenvalue weighted by Crippen LogP contribution is -2.03. The van der Waals surface area contributed by atoms with Gasteiger partial charge in [0.1, 0.15) is 0 Å². The predicted octanol–water partition coefficient (Wildman–Crippen LogP) is 3.93. The van der Waals surface area contributed by atoms with Crippen molar-refractivity contribution in [3.05, 3.63) is 16.1 Å². The molecule has 72 valence electrons. The first-order valence-electron chi connectivity index (χ1n) is 4.90. The highest BCUT2D eigenvalue weighted by Crippen LogP contribution is 2.34. The Morgan fingerprint density at radius 1 is 1.38 bits per heavy atom. The quantitative estimate of drug-likeness (QED) is 0.682. The molecule has 2 rings (SSSR count). The molecule has 1 aromatic heterocycles. The van der Waals surface area contributed by atoms with Crippen LogP contribution in [0.4, 0.5) is 0 Å². The van der Waals surface area contributed by atoms with E-state index < -0.39 is 0 Å². The number of thiazole rings is 1.